The van der Waals surface area contributed by atoms with Crippen LogP contribution in [0.1, 0.15) is 13.3 Å². The van der Waals surface area contributed by atoms with E-state index in [-0.39, 0.29) is 18.2 Å². The molecule has 114 valence electrons. The molecule has 1 aromatic carbocycles. The van der Waals surface area contributed by atoms with E-state index < -0.39 is 0 Å². The van der Waals surface area contributed by atoms with Gasteiger partial charge < -0.3 is 10.4 Å². The molecular weight excluding hydrogens is 282 g/mol. The quantitative estimate of drug-likeness (QED) is 0.660. The molecule has 0 aliphatic heterocycles. The lowest BCUT2D eigenvalue weighted by Gasteiger charge is -2.14. The van der Waals surface area contributed by atoms with Crippen molar-refractivity contribution in [2.24, 2.45) is 0 Å². The van der Waals surface area contributed by atoms with Crippen LogP contribution in [0, 0.1) is 0 Å². The normalized spacial score (nSPS) is 12.5. The highest BCUT2D eigenvalue weighted by molar-refractivity contribution is 5.76. The van der Waals surface area contributed by atoms with Gasteiger partial charge >= 0.3 is 0 Å². The molecule has 0 fully saturated rings. The molecule has 2 heterocycles. The highest BCUT2D eigenvalue weighted by Crippen LogP contribution is 2.14. The van der Waals surface area contributed by atoms with E-state index in [1.165, 1.54) is 6.20 Å². The number of benzene rings is 1. The largest absolute Gasteiger partial charge is 0.394 e. The summed E-state index contributed by atoms with van der Waals surface area (Å²) in [5.41, 5.74) is 1.04. The summed E-state index contributed by atoms with van der Waals surface area (Å²) in [7, 11) is 0. The Morgan fingerprint density at radius 1 is 1.36 bits per heavy atom. The summed E-state index contributed by atoms with van der Waals surface area (Å²) >= 11 is 0. The Kier molecular flexibility index (Phi) is 3.88. The van der Waals surface area contributed by atoms with E-state index in [0.717, 1.165) is 12.1 Å². The zero-order chi connectivity index (χ0) is 15.5. The van der Waals surface area contributed by atoms with Crippen LogP contribution in [0.5, 0.6) is 0 Å². The van der Waals surface area contributed by atoms with Gasteiger partial charge in [0.05, 0.1) is 24.5 Å². The molecule has 0 aliphatic carbocycles. The summed E-state index contributed by atoms with van der Waals surface area (Å²) in [6, 6.07) is 9.34. The molecule has 7 heteroatoms. The smallest absolute Gasteiger partial charge is 0.263 e. The highest BCUT2D eigenvalue weighted by atomic mass is 16.3. The topological polar surface area (TPSA) is 95.8 Å². The summed E-state index contributed by atoms with van der Waals surface area (Å²) < 4.78 is 1.62. The lowest BCUT2D eigenvalue weighted by Crippen LogP contribution is -2.25. The minimum absolute atomic E-state index is 0.0316. The third-order valence-electron chi connectivity index (χ3n) is 3.49. The van der Waals surface area contributed by atoms with Gasteiger partial charge in [0.2, 0.25) is 5.95 Å². The monoisotopic (exact) mass is 299 g/mol. The van der Waals surface area contributed by atoms with E-state index in [2.05, 4.69) is 20.4 Å². The summed E-state index contributed by atoms with van der Waals surface area (Å²) in [5.74, 6) is 0.330. The fourth-order valence-electron chi connectivity index (χ4n) is 2.22. The average Bonchev–Trinajstić information content (AvgIpc) is 2.98. The third-order valence-corrected chi connectivity index (χ3v) is 3.49. The Balaban J connectivity index is 2.10. The number of fused-ring (bicyclic) bond motifs is 1. The molecule has 2 aromatic heterocycles. The molecule has 0 aliphatic rings. The average molecular weight is 299 g/mol. The molecule has 22 heavy (non-hydrogen) atoms. The number of nitrogens with zero attached hydrogens (tertiary/aromatic N) is 3. The van der Waals surface area contributed by atoms with Crippen molar-refractivity contribution in [3.63, 3.8) is 0 Å². The number of hydrogen-bond acceptors (Lipinski definition) is 5. The molecule has 0 amide bonds. The second-order valence-electron chi connectivity index (χ2n) is 4.98. The van der Waals surface area contributed by atoms with Crippen molar-refractivity contribution in [1.82, 2.24) is 19.7 Å². The van der Waals surface area contributed by atoms with Gasteiger partial charge in [-0.3, -0.25) is 9.78 Å². The minimum atomic E-state index is -0.262. The van der Waals surface area contributed by atoms with Crippen LogP contribution in [0.25, 0.3) is 16.7 Å². The van der Waals surface area contributed by atoms with Crippen molar-refractivity contribution in [2.75, 3.05) is 11.9 Å². The highest BCUT2D eigenvalue weighted by Gasteiger charge is 2.13. The standard InChI is InChI=1S/C15H17N5O2/c1-2-10(9-21)17-15-18-13-12(14(22)19-15)8-16-20(13)11-6-4-3-5-7-11/h3-8,10,21H,2,9H2,1H3,(H2,17,18,19,22)/t10-/m0/s1. The third kappa shape index (κ3) is 2.58. The Morgan fingerprint density at radius 2 is 2.14 bits per heavy atom. The molecule has 0 saturated carbocycles. The number of para-hydroxylation sites is 1. The van der Waals surface area contributed by atoms with Gasteiger partial charge in [0, 0.05) is 0 Å². The summed E-state index contributed by atoms with van der Waals surface area (Å²) in [6.45, 7) is 1.91. The fraction of sp³-hybridized carbons (Fsp3) is 0.267. The van der Waals surface area contributed by atoms with E-state index >= 15 is 0 Å². The van der Waals surface area contributed by atoms with Gasteiger partial charge in [-0.05, 0) is 18.6 Å². The number of rotatable bonds is 5. The van der Waals surface area contributed by atoms with Crippen LogP contribution in [0.4, 0.5) is 5.95 Å². The van der Waals surface area contributed by atoms with Crippen molar-refractivity contribution in [1.29, 1.82) is 0 Å². The van der Waals surface area contributed by atoms with Crippen LogP contribution in [-0.4, -0.2) is 37.5 Å². The summed E-state index contributed by atoms with van der Waals surface area (Å²) in [4.78, 5) is 19.3. The molecule has 3 N–H and O–H groups in total. The van der Waals surface area contributed by atoms with Crippen molar-refractivity contribution in [3.05, 3.63) is 46.9 Å². The molecular formula is C15H17N5O2. The second-order valence-corrected chi connectivity index (χ2v) is 4.98. The number of nitrogens with one attached hydrogen (secondary N) is 2. The number of H-pyrrole nitrogens is 1. The van der Waals surface area contributed by atoms with Crippen LogP contribution < -0.4 is 10.9 Å². The van der Waals surface area contributed by atoms with Gasteiger partial charge in [-0.1, -0.05) is 25.1 Å². The number of aliphatic hydroxyl groups is 1. The first-order valence-electron chi connectivity index (χ1n) is 7.13. The van der Waals surface area contributed by atoms with Crippen LogP contribution in [0.2, 0.25) is 0 Å². The number of aromatic amines is 1. The first-order valence-corrected chi connectivity index (χ1v) is 7.13. The molecule has 0 unspecified atom stereocenters. The predicted octanol–water partition coefficient (Wildman–Crippen LogP) is 1.29. The van der Waals surface area contributed by atoms with Crippen LogP contribution >= 0.6 is 0 Å². The second kappa shape index (κ2) is 5.98. The van der Waals surface area contributed by atoms with Crippen molar-refractivity contribution in [3.8, 4) is 5.69 Å². The van der Waals surface area contributed by atoms with E-state index in [4.69, 9.17) is 0 Å². The summed E-state index contributed by atoms with van der Waals surface area (Å²) in [6.07, 6.45) is 2.22. The number of anilines is 1. The van der Waals surface area contributed by atoms with Gasteiger partial charge in [0.1, 0.15) is 5.39 Å². The van der Waals surface area contributed by atoms with Gasteiger partial charge in [-0.25, -0.2) is 4.68 Å². The first-order chi connectivity index (χ1) is 10.7. The van der Waals surface area contributed by atoms with Crippen LogP contribution in [-0.2, 0) is 0 Å². The van der Waals surface area contributed by atoms with Gasteiger partial charge in [0.25, 0.3) is 5.56 Å². The van der Waals surface area contributed by atoms with E-state index in [0.29, 0.717) is 17.0 Å². The Bertz CT molecular complexity index is 821. The zero-order valence-corrected chi connectivity index (χ0v) is 12.2. The lowest BCUT2D eigenvalue weighted by atomic mass is 10.2. The van der Waals surface area contributed by atoms with Crippen molar-refractivity contribution < 1.29 is 5.11 Å². The van der Waals surface area contributed by atoms with Gasteiger partial charge in [-0.15, -0.1) is 0 Å². The molecule has 7 nitrogen and oxygen atoms in total. The molecule has 3 aromatic rings. The molecule has 0 spiro atoms. The predicted molar refractivity (Wildman–Crippen MR) is 84.3 cm³/mol. The van der Waals surface area contributed by atoms with Crippen LogP contribution in [0.15, 0.2) is 41.3 Å². The van der Waals surface area contributed by atoms with Crippen molar-refractivity contribution >= 4 is 17.0 Å². The maximum absolute atomic E-state index is 12.2. The number of aliphatic hydroxyl groups excluding tert-OH is 1. The zero-order valence-electron chi connectivity index (χ0n) is 12.2. The minimum Gasteiger partial charge on any atom is -0.394 e. The van der Waals surface area contributed by atoms with Crippen molar-refractivity contribution in [2.45, 2.75) is 19.4 Å². The summed E-state index contributed by atoms with van der Waals surface area (Å²) in [5, 5.41) is 17.0. The number of aromatic nitrogens is 4. The SMILES string of the molecule is CC[C@@H](CO)Nc1nc2c(cnn2-c2ccccc2)c(=O)[nH]1. The molecule has 0 saturated heterocycles. The Labute approximate surface area is 126 Å². The molecule has 0 radical (unpaired) electrons. The molecule has 3 rings (SSSR count). The number of hydrogen-bond donors (Lipinski definition) is 3. The molecule has 1 atom stereocenters. The van der Waals surface area contributed by atoms with E-state index in [9.17, 15) is 9.90 Å². The van der Waals surface area contributed by atoms with E-state index in [1.807, 2.05) is 37.3 Å². The Morgan fingerprint density at radius 3 is 2.82 bits per heavy atom. The maximum Gasteiger partial charge on any atom is 0.263 e. The first kappa shape index (κ1) is 14.3. The lowest BCUT2D eigenvalue weighted by molar-refractivity contribution is 0.271. The van der Waals surface area contributed by atoms with E-state index in [1.54, 1.807) is 4.68 Å². The Hall–Kier alpha value is -2.67. The van der Waals surface area contributed by atoms with Gasteiger partial charge in [-0.2, -0.15) is 10.1 Å². The fourth-order valence-corrected chi connectivity index (χ4v) is 2.22. The maximum atomic E-state index is 12.2. The van der Waals surface area contributed by atoms with Crippen LogP contribution in [0.3, 0.4) is 0 Å². The van der Waals surface area contributed by atoms with Gasteiger partial charge in [0.15, 0.2) is 5.65 Å². The molecule has 0 bridgehead atoms.